The number of aliphatic imine (C=N–C) groups is 1. The highest BCUT2D eigenvalue weighted by molar-refractivity contribution is 6.03. The van der Waals surface area contributed by atoms with Crippen LogP contribution in [0.15, 0.2) is 53.1 Å². The number of terminal acetylenes is 1. The van der Waals surface area contributed by atoms with Crippen molar-refractivity contribution in [2.24, 2.45) is 4.99 Å². The van der Waals surface area contributed by atoms with Crippen LogP contribution in [-0.4, -0.2) is 29.6 Å². The van der Waals surface area contributed by atoms with E-state index in [2.05, 4.69) is 16.3 Å². The Balaban J connectivity index is 1.84. The predicted octanol–water partition coefficient (Wildman–Crippen LogP) is 2.22. The fraction of sp³-hybridized carbons (Fsp3) is 0.125. The summed E-state index contributed by atoms with van der Waals surface area (Å²) in [6, 6.07) is 7.78. The van der Waals surface area contributed by atoms with Crippen LogP contribution < -0.4 is 5.43 Å². The second-order valence-electron chi connectivity index (χ2n) is 4.68. The van der Waals surface area contributed by atoms with E-state index in [0.29, 0.717) is 12.3 Å². The maximum absolute atomic E-state index is 7.68. The lowest BCUT2D eigenvalue weighted by atomic mass is 9.98. The molecule has 0 saturated carbocycles. The van der Waals surface area contributed by atoms with Crippen LogP contribution >= 0.6 is 0 Å². The van der Waals surface area contributed by atoms with Crippen molar-refractivity contribution in [1.82, 2.24) is 5.01 Å². The molecule has 0 fully saturated rings. The quantitative estimate of drug-likeness (QED) is 0.803. The summed E-state index contributed by atoms with van der Waals surface area (Å²) in [6.07, 6.45) is 12.9. The number of benzene rings is 1. The highest BCUT2D eigenvalue weighted by Crippen LogP contribution is 2.21. The summed E-state index contributed by atoms with van der Waals surface area (Å²) in [5.41, 5.74) is 6.68. The van der Waals surface area contributed by atoms with Gasteiger partial charge in [0.1, 0.15) is 6.34 Å². The minimum atomic E-state index is 0.0936. The smallest absolute Gasteiger partial charge is 0.105 e. The van der Waals surface area contributed by atoms with Gasteiger partial charge in [0.15, 0.2) is 0 Å². The van der Waals surface area contributed by atoms with Gasteiger partial charge in [-0.1, -0.05) is 18.1 Å². The molecule has 20 heavy (non-hydrogen) atoms. The highest BCUT2D eigenvalue weighted by atomic mass is 15.5. The van der Waals surface area contributed by atoms with Crippen LogP contribution in [0.2, 0.25) is 0 Å². The molecule has 2 N–H and O–H groups in total. The van der Waals surface area contributed by atoms with E-state index in [0.717, 1.165) is 16.8 Å². The monoisotopic (exact) mass is 262 g/mol. The summed E-state index contributed by atoms with van der Waals surface area (Å²) in [5, 5.41) is 9.60. The van der Waals surface area contributed by atoms with Crippen molar-refractivity contribution in [3.63, 3.8) is 0 Å². The van der Waals surface area contributed by atoms with Crippen LogP contribution in [0.5, 0.6) is 0 Å². The number of rotatable bonds is 2. The van der Waals surface area contributed by atoms with Gasteiger partial charge in [0.05, 0.1) is 24.0 Å². The molecule has 1 heterocycles. The van der Waals surface area contributed by atoms with Gasteiger partial charge in [-0.3, -0.25) is 15.4 Å². The van der Waals surface area contributed by atoms with Gasteiger partial charge in [-0.2, -0.15) is 0 Å². The van der Waals surface area contributed by atoms with Gasteiger partial charge in [0.2, 0.25) is 0 Å². The number of hydrazine groups is 1. The van der Waals surface area contributed by atoms with E-state index in [1.807, 2.05) is 41.4 Å². The van der Waals surface area contributed by atoms with E-state index < -0.39 is 0 Å². The van der Waals surface area contributed by atoms with Crippen molar-refractivity contribution < 1.29 is 0 Å². The maximum Gasteiger partial charge on any atom is 0.105 e. The highest BCUT2D eigenvalue weighted by Gasteiger charge is 2.23. The lowest BCUT2D eigenvalue weighted by Crippen LogP contribution is -2.43. The van der Waals surface area contributed by atoms with Crippen LogP contribution in [0, 0.1) is 17.8 Å². The Morgan fingerprint density at radius 3 is 3.20 bits per heavy atom. The topological polar surface area (TPSA) is 51.5 Å². The van der Waals surface area contributed by atoms with Crippen molar-refractivity contribution in [3.05, 3.63) is 53.6 Å². The molecule has 0 spiro atoms. The molecule has 1 aliphatic carbocycles. The maximum atomic E-state index is 7.68. The second kappa shape index (κ2) is 5.06. The average molecular weight is 262 g/mol. The molecule has 4 nitrogen and oxygen atoms in total. The minimum absolute atomic E-state index is 0.0936. The average Bonchev–Trinajstić information content (AvgIpc) is 2.47. The van der Waals surface area contributed by atoms with E-state index in [-0.39, 0.29) is 6.04 Å². The first-order valence-electron chi connectivity index (χ1n) is 6.35. The number of hydrogen-bond acceptors (Lipinski definition) is 4. The lowest BCUT2D eigenvalue weighted by molar-refractivity contribution is 0.455. The molecule has 0 amide bonds. The molecule has 1 aromatic carbocycles. The number of nitrogens with zero attached hydrogens (tertiary/aromatic N) is 2. The Morgan fingerprint density at radius 2 is 2.35 bits per heavy atom. The van der Waals surface area contributed by atoms with Crippen molar-refractivity contribution in [2.75, 3.05) is 12.0 Å². The third-order valence-electron chi connectivity index (χ3n) is 3.25. The largest absolute Gasteiger partial charge is 0.301 e. The van der Waals surface area contributed by atoms with Crippen LogP contribution in [-0.2, 0) is 0 Å². The summed E-state index contributed by atoms with van der Waals surface area (Å²) in [4.78, 5) is 4.32. The van der Waals surface area contributed by atoms with E-state index in [4.69, 9.17) is 11.8 Å². The van der Waals surface area contributed by atoms with Gasteiger partial charge in [0.25, 0.3) is 0 Å². The second-order valence-corrected chi connectivity index (χ2v) is 4.68. The van der Waals surface area contributed by atoms with E-state index in [1.54, 1.807) is 12.4 Å². The van der Waals surface area contributed by atoms with Gasteiger partial charge in [-0.15, -0.1) is 6.42 Å². The SMILES string of the molecule is C#Cc1cccc(NN2C=NCC3=CC(=N)C=CC32)c1. The molecule has 1 atom stereocenters. The Labute approximate surface area is 118 Å². The van der Waals surface area contributed by atoms with Crippen LogP contribution in [0.4, 0.5) is 5.69 Å². The van der Waals surface area contributed by atoms with Gasteiger partial charge in [-0.25, -0.2) is 0 Å². The van der Waals surface area contributed by atoms with E-state index >= 15 is 0 Å². The van der Waals surface area contributed by atoms with Crippen LogP contribution in [0.1, 0.15) is 5.56 Å². The van der Waals surface area contributed by atoms with Crippen molar-refractivity contribution >= 4 is 17.7 Å². The zero-order chi connectivity index (χ0) is 13.9. The molecule has 1 aromatic rings. The Kier molecular flexibility index (Phi) is 3.10. The molecule has 98 valence electrons. The molecule has 0 aromatic heterocycles. The first-order valence-corrected chi connectivity index (χ1v) is 6.35. The molecular formula is C16H14N4. The number of hydrogen-bond donors (Lipinski definition) is 2. The van der Waals surface area contributed by atoms with Gasteiger partial charge in [-0.05, 0) is 35.9 Å². The molecule has 3 rings (SSSR count). The molecule has 4 heteroatoms. The number of allylic oxidation sites excluding steroid dienone is 2. The standard InChI is InChI=1S/C16H14N4/c1-2-12-4-3-5-15(8-12)19-20-11-18-10-13-9-14(17)6-7-16(13)20/h1,3-9,11,16-17,19H,10H2. The summed E-state index contributed by atoms with van der Waals surface area (Å²) in [6.45, 7) is 0.639. The predicted molar refractivity (Wildman–Crippen MR) is 81.9 cm³/mol. The first-order chi connectivity index (χ1) is 9.76. The minimum Gasteiger partial charge on any atom is -0.301 e. The molecule has 1 aliphatic heterocycles. The zero-order valence-electron chi connectivity index (χ0n) is 10.9. The number of fused-ring (bicyclic) bond motifs is 1. The fourth-order valence-corrected chi connectivity index (χ4v) is 2.29. The molecule has 1 unspecified atom stereocenters. The number of nitrogens with one attached hydrogen (secondary N) is 2. The first kappa shape index (κ1) is 12.2. The Morgan fingerprint density at radius 1 is 1.45 bits per heavy atom. The van der Waals surface area contributed by atoms with Gasteiger partial charge < -0.3 is 5.41 Å². The fourth-order valence-electron chi connectivity index (χ4n) is 2.29. The van der Waals surface area contributed by atoms with E-state index in [1.165, 1.54) is 0 Å². The van der Waals surface area contributed by atoms with Crippen molar-refractivity contribution in [1.29, 1.82) is 5.41 Å². The number of anilines is 1. The van der Waals surface area contributed by atoms with E-state index in [9.17, 15) is 0 Å². The Bertz CT molecular complexity index is 676. The lowest BCUT2D eigenvalue weighted by Gasteiger charge is -2.34. The molecular weight excluding hydrogens is 248 g/mol. The third-order valence-corrected chi connectivity index (χ3v) is 3.25. The molecule has 2 aliphatic rings. The summed E-state index contributed by atoms with van der Waals surface area (Å²) in [7, 11) is 0. The Hall–Kier alpha value is -2.80. The van der Waals surface area contributed by atoms with Gasteiger partial charge in [0, 0.05) is 5.56 Å². The van der Waals surface area contributed by atoms with Crippen molar-refractivity contribution in [3.8, 4) is 12.3 Å². The van der Waals surface area contributed by atoms with Crippen LogP contribution in [0.3, 0.4) is 0 Å². The summed E-state index contributed by atoms with van der Waals surface area (Å²) < 4.78 is 0. The normalized spacial score (nSPS) is 20.1. The zero-order valence-corrected chi connectivity index (χ0v) is 10.9. The molecule has 0 radical (unpaired) electrons. The summed E-state index contributed by atoms with van der Waals surface area (Å²) >= 11 is 0. The van der Waals surface area contributed by atoms with Crippen LogP contribution in [0.25, 0.3) is 0 Å². The molecule has 0 saturated heterocycles. The third kappa shape index (κ3) is 2.34. The summed E-state index contributed by atoms with van der Waals surface area (Å²) in [5.74, 6) is 2.62. The molecule has 0 bridgehead atoms. The van der Waals surface area contributed by atoms with Gasteiger partial charge >= 0.3 is 0 Å². The van der Waals surface area contributed by atoms with Crippen molar-refractivity contribution in [2.45, 2.75) is 6.04 Å².